The molecule has 5 nitrogen and oxygen atoms in total. The molecule has 22 heavy (non-hydrogen) atoms. The maximum atomic E-state index is 12.2. The number of aromatic nitrogens is 1. The number of hydrogen-bond acceptors (Lipinski definition) is 4. The molecule has 1 aromatic rings. The third kappa shape index (κ3) is 3.67. The van der Waals surface area contributed by atoms with Gasteiger partial charge in [-0.2, -0.15) is 0 Å². The van der Waals surface area contributed by atoms with E-state index in [4.69, 9.17) is 4.74 Å². The Morgan fingerprint density at radius 2 is 2.05 bits per heavy atom. The highest BCUT2D eigenvalue weighted by Gasteiger charge is 2.46. The highest BCUT2D eigenvalue weighted by Crippen LogP contribution is 2.52. The molecule has 0 saturated heterocycles. The summed E-state index contributed by atoms with van der Waals surface area (Å²) in [5.74, 6) is -0.0404. The SMILES string of the molecule is COC1CC2(CCC(NS(=O)(=O)Cc3ccccn3)CC2)C1. The molecular formula is C16H24N2O3S. The van der Waals surface area contributed by atoms with Gasteiger partial charge in [0.15, 0.2) is 0 Å². The van der Waals surface area contributed by atoms with E-state index in [1.165, 1.54) is 0 Å². The molecule has 0 bridgehead atoms. The number of ether oxygens (including phenoxy) is 1. The Morgan fingerprint density at radius 3 is 2.64 bits per heavy atom. The van der Waals surface area contributed by atoms with Crippen molar-refractivity contribution in [1.82, 2.24) is 9.71 Å². The molecule has 2 aliphatic rings. The number of nitrogens with one attached hydrogen (secondary N) is 1. The fourth-order valence-electron chi connectivity index (χ4n) is 3.80. The highest BCUT2D eigenvalue weighted by atomic mass is 32.2. The molecule has 2 fully saturated rings. The van der Waals surface area contributed by atoms with E-state index < -0.39 is 10.0 Å². The highest BCUT2D eigenvalue weighted by molar-refractivity contribution is 7.88. The van der Waals surface area contributed by atoms with Gasteiger partial charge in [0.2, 0.25) is 10.0 Å². The number of hydrogen-bond donors (Lipinski definition) is 1. The van der Waals surface area contributed by atoms with E-state index in [1.807, 2.05) is 6.07 Å². The second-order valence-electron chi connectivity index (χ2n) is 6.74. The van der Waals surface area contributed by atoms with E-state index in [9.17, 15) is 8.42 Å². The summed E-state index contributed by atoms with van der Waals surface area (Å²) in [5, 5.41) is 0. The quantitative estimate of drug-likeness (QED) is 0.902. The summed E-state index contributed by atoms with van der Waals surface area (Å²) in [7, 11) is -1.54. The minimum absolute atomic E-state index is 0.0404. The Balaban J connectivity index is 1.50. The largest absolute Gasteiger partial charge is 0.381 e. The van der Waals surface area contributed by atoms with Crippen LogP contribution in [-0.4, -0.2) is 32.7 Å². The predicted octanol–water partition coefficient (Wildman–Crippen LogP) is 2.24. The zero-order valence-corrected chi connectivity index (χ0v) is 13.8. The Kier molecular flexibility index (Phi) is 4.52. The molecule has 3 rings (SSSR count). The first-order chi connectivity index (χ1) is 10.5. The first-order valence-electron chi connectivity index (χ1n) is 7.93. The summed E-state index contributed by atoms with van der Waals surface area (Å²) in [6.07, 6.45) is 8.37. The molecular weight excluding hydrogens is 300 g/mol. The van der Waals surface area contributed by atoms with Gasteiger partial charge in [-0.05, 0) is 56.1 Å². The molecule has 2 aliphatic carbocycles. The van der Waals surface area contributed by atoms with E-state index >= 15 is 0 Å². The average molecular weight is 324 g/mol. The fourth-order valence-corrected chi connectivity index (χ4v) is 5.19. The van der Waals surface area contributed by atoms with E-state index in [-0.39, 0.29) is 11.8 Å². The molecule has 1 aromatic heterocycles. The number of sulfonamides is 1. The van der Waals surface area contributed by atoms with Crippen molar-refractivity contribution in [2.45, 2.75) is 56.4 Å². The number of methoxy groups -OCH3 is 1. The van der Waals surface area contributed by atoms with Crippen LogP contribution in [0.5, 0.6) is 0 Å². The summed E-state index contributed by atoms with van der Waals surface area (Å²) >= 11 is 0. The van der Waals surface area contributed by atoms with Crippen molar-refractivity contribution in [3.8, 4) is 0 Å². The molecule has 122 valence electrons. The Labute approximate surface area is 132 Å². The molecule has 0 radical (unpaired) electrons. The van der Waals surface area contributed by atoms with Crippen molar-refractivity contribution in [2.75, 3.05) is 7.11 Å². The molecule has 1 N–H and O–H groups in total. The second-order valence-corrected chi connectivity index (χ2v) is 8.49. The average Bonchev–Trinajstić information content (AvgIpc) is 2.46. The van der Waals surface area contributed by atoms with Gasteiger partial charge in [-0.15, -0.1) is 0 Å². The lowest BCUT2D eigenvalue weighted by Crippen LogP contribution is -2.48. The van der Waals surface area contributed by atoms with Gasteiger partial charge in [0, 0.05) is 19.3 Å². The van der Waals surface area contributed by atoms with Crippen molar-refractivity contribution in [2.24, 2.45) is 5.41 Å². The summed E-state index contributed by atoms with van der Waals surface area (Å²) in [5.41, 5.74) is 1.01. The van der Waals surface area contributed by atoms with Crippen LogP contribution in [0.25, 0.3) is 0 Å². The van der Waals surface area contributed by atoms with Gasteiger partial charge in [-0.25, -0.2) is 13.1 Å². The molecule has 2 saturated carbocycles. The van der Waals surface area contributed by atoms with Crippen LogP contribution in [0.1, 0.15) is 44.2 Å². The van der Waals surface area contributed by atoms with Gasteiger partial charge in [-0.1, -0.05) is 6.07 Å². The molecule has 0 aromatic carbocycles. The van der Waals surface area contributed by atoms with Crippen LogP contribution >= 0.6 is 0 Å². The van der Waals surface area contributed by atoms with Crippen LogP contribution < -0.4 is 4.72 Å². The summed E-state index contributed by atoms with van der Waals surface area (Å²) in [4.78, 5) is 4.09. The molecule has 0 atom stereocenters. The van der Waals surface area contributed by atoms with E-state index in [0.717, 1.165) is 38.5 Å². The lowest BCUT2D eigenvalue weighted by Gasteiger charge is -2.51. The maximum absolute atomic E-state index is 12.2. The zero-order chi connectivity index (χ0) is 15.6. The lowest BCUT2D eigenvalue weighted by molar-refractivity contribution is -0.0794. The van der Waals surface area contributed by atoms with Crippen molar-refractivity contribution in [3.05, 3.63) is 30.1 Å². The third-order valence-electron chi connectivity index (χ3n) is 5.11. The minimum atomic E-state index is -3.31. The van der Waals surface area contributed by atoms with Crippen LogP contribution in [0.2, 0.25) is 0 Å². The van der Waals surface area contributed by atoms with Crippen LogP contribution in [-0.2, 0) is 20.5 Å². The van der Waals surface area contributed by atoms with Crippen LogP contribution in [0.15, 0.2) is 24.4 Å². The van der Waals surface area contributed by atoms with Gasteiger partial charge < -0.3 is 4.74 Å². The van der Waals surface area contributed by atoms with Gasteiger partial charge in [-0.3, -0.25) is 4.98 Å². The summed E-state index contributed by atoms with van der Waals surface area (Å²) < 4.78 is 32.7. The molecule has 0 amide bonds. The third-order valence-corrected chi connectivity index (χ3v) is 6.48. The first kappa shape index (κ1) is 15.9. The molecule has 6 heteroatoms. The Hall–Kier alpha value is -0.980. The lowest BCUT2D eigenvalue weighted by atomic mass is 9.59. The van der Waals surface area contributed by atoms with E-state index in [0.29, 0.717) is 17.2 Å². The normalized spacial score (nSPS) is 31.9. The maximum Gasteiger partial charge on any atom is 0.217 e. The van der Waals surface area contributed by atoms with Gasteiger partial charge in [0.05, 0.1) is 11.8 Å². The van der Waals surface area contributed by atoms with Gasteiger partial charge in [0.25, 0.3) is 0 Å². The van der Waals surface area contributed by atoms with Crippen LogP contribution in [0.3, 0.4) is 0 Å². The van der Waals surface area contributed by atoms with E-state index in [2.05, 4.69) is 9.71 Å². The van der Waals surface area contributed by atoms with Crippen molar-refractivity contribution >= 4 is 10.0 Å². The van der Waals surface area contributed by atoms with Crippen molar-refractivity contribution in [3.63, 3.8) is 0 Å². The second kappa shape index (κ2) is 6.26. The topological polar surface area (TPSA) is 68.3 Å². The van der Waals surface area contributed by atoms with Gasteiger partial charge >= 0.3 is 0 Å². The van der Waals surface area contributed by atoms with Crippen molar-refractivity contribution in [1.29, 1.82) is 0 Å². The predicted molar refractivity (Wildman–Crippen MR) is 84.7 cm³/mol. The fraction of sp³-hybridized carbons (Fsp3) is 0.688. The summed E-state index contributed by atoms with van der Waals surface area (Å²) in [6, 6.07) is 5.41. The first-order valence-corrected chi connectivity index (χ1v) is 9.58. The Morgan fingerprint density at radius 1 is 1.32 bits per heavy atom. The number of rotatable bonds is 5. The number of nitrogens with zero attached hydrogens (tertiary/aromatic N) is 1. The minimum Gasteiger partial charge on any atom is -0.381 e. The smallest absolute Gasteiger partial charge is 0.217 e. The van der Waals surface area contributed by atoms with Crippen LogP contribution in [0.4, 0.5) is 0 Å². The Bertz CT molecular complexity index is 587. The summed E-state index contributed by atoms with van der Waals surface area (Å²) in [6.45, 7) is 0. The van der Waals surface area contributed by atoms with Crippen molar-refractivity contribution < 1.29 is 13.2 Å². The molecule has 1 spiro atoms. The van der Waals surface area contributed by atoms with Crippen LogP contribution in [0, 0.1) is 5.41 Å². The zero-order valence-electron chi connectivity index (χ0n) is 13.0. The van der Waals surface area contributed by atoms with Gasteiger partial charge in [0.1, 0.15) is 5.75 Å². The molecule has 1 heterocycles. The standard InChI is InChI=1S/C16H24N2O3S/c1-21-15-10-16(11-15)7-5-13(6-8-16)18-22(19,20)12-14-4-2-3-9-17-14/h2-4,9,13,15,18H,5-8,10-12H2,1H3. The molecule has 0 aliphatic heterocycles. The monoisotopic (exact) mass is 324 g/mol. The number of pyridine rings is 1. The van der Waals surface area contributed by atoms with E-state index in [1.54, 1.807) is 25.4 Å². The molecule has 0 unspecified atom stereocenters.